The second kappa shape index (κ2) is 8.01. The Morgan fingerprint density at radius 3 is 2.92 bits per heavy atom. The molecule has 25 heavy (non-hydrogen) atoms. The van der Waals surface area contributed by atoms with Crippen LogP contribution >= 0.6 is 11.3 Å². The van der Waals surface area contributed by atoms with Crippen molar-refractivity contribution < 1.29 is 9.53 Å². The molecule has 0 aliphatic carbocycles. The van der Waals surface area contributed by atoms with Crippen LogP contribution in [0.1, 0.15) is 29.5 Å². The van der Waals surface area contributed by atoms with Gasteiger partial charge in [-0.3, -0.25) is 4.79 Å². The van der Waals surface area contributed by atoms with Gasteiger partial charge in [0.2, 0.25) is 5.91 Å². The summed E-state index contributed by atoms with van der Waals surface area (Å²) < 4.78 is 7.69. The first kappa shape index (κ1) is 17.9. The van der Waals surface area contributed by atoms with Crippen LogP contribution in [-0.2, 0) is 29.7 Å². The minimum absolute atomic E-state index is 0.0936. The Morgan fingerprint density at radius 1 is 1.36 bits per heavy atom. The number of hydrogen-bond donors (Lipinski definition) is 0. The molecular weight excluding hydrogens is 336 g/mol. The van der Waals surface area contributed by atoms with Gasteiger partial charge in [-0.25, -0.2) is 4.98 Å². The second-order valence-corrected chi connectivity index (χ2v) is 7.51. The van der Waals surface area contributed by atoms with E-state index >= 15 is 0 Å². The van der Waals surface area contributed by atoms with Crippen molar-refractivity contribution >= 4 is 22.9 Å². The highest BCUT2D eigenvalue weighted by Gasteiger charge is 2.21. The number of amides is 1. The number of carbonyl (C=O) groups excluding carboxylic acids is 1. The summed E-state index contributed by atoms with van der Waals surface area (Å²) in [6.07, 6.45) is 4.86. The maximum absolute atomic E-state index is 12.0. The number of nitrogens with zero attached hydrogens (tertiary/aromatic N) is 4. The third-order valence-corrected chi connectivity index (χ3v) is 5.52. The second-order valence-electron chi connectivity index (χ2n) is 6.55. The van der Waals surface area contributed by atoms with Gasteiger partial charge >= 0.3 is 0 Å². The van der Waals surface area contributed by atoms with Crippen LogP contribution in [0, 0.1) is 6.92 Å². The standard InChI is InChI=1S/C18H26N4O2S/c1-14-12-25-17-11-21(15(2)23)6-8-24-7-4-5-22(18(14)17)10-16-9-20(3)13-19-16/h9,12-13H,4-8,10-11H2,1-3H3. The van der Waals surface area contributed by atoms with Gasteiger partial charge < -0.3 is 19.1 Å². The van der Waals surface area contributed by atoms with Gasteiger partial charge in [0.05, 0.1) is 37.4 Å². The zero-order valence-electron chi connectivity index (χ0n) is 15.2. The molecule has 0 radical (unpaired) electrons. The number of aromatic nitrogens is 2. The molecule has 0 bridgehead atoms. The van der Waals surface area contributed by atoms with E-state index in [2.05, 4.69) is 28.4 Å². The fourth-order valence-electron chi connectivity index (χ4n) is 3.20. The van der Waals surface area contributed by atoms with Gasteiger partial charge in [0.15, 0.2) is 0 Å². The molecule has 2 aromatic rings. The molecule has 1 aliphatic rings. The van der Waals surface area contributed by atoms with E-state index in [-0.39, 0.29) is 5.91 Å². The predicted molar refractivity (Wildman–Crippen MR) is 99.8 cm³/mol. The number of carbonyl (C=O) groups is 1. The lowest BCUT2D eigenvalue weighted by Gasteiger charge is -2.26. The van der Waals surface area contributed by atoms with Crippen molar-refractivity contribution in [1.29, 1.82) is 0 Å². The Balaban J connectivity index is 1.91. The first-order valence-electron chi connectivity index (χ1n) is 8.66. The van der Waals surface area contributed by atoms with Gasteiger partial charge in [-0.15, -0.1) is 11.3 Å². The molecule has 0 N–H and O–H groups in total. The molecule has 0 spiro atoms. The van der Waals surface area contributed by atoms with Gasteiger partial charge in [-0.05, 0) is 24.3 Å². The van der Waals surface area contributed by atoms with Gasteiger partial charge in [0, 0.05) is 44.7 Å². The molecule has 3 rings (SSSR count). The number of fused-ring (bicyclic) bond motifs is 1. The van der Waals surface area contributed by atoms with Crippen molar-refractivity contribution in [2.24, 2.45) is 7.05 Å². The lowest BCUT2D eigenvalue weighted by atomic mass is 10.2. The highest BCUT2D eigenvalue weighted by Crippen LogP contribution is 2.33. The van der Waals surface area contributed by atoms with Crippen LogP contribution in [0.4, 0.5) is 5.69 Å². The van der Waals surface area contributed by atoms with E-state index in [4.69, 9.17) is 4.74 Å². The Kier molecular flexibility index (Phi) is 5.75. The summed E-state index contributed by atoms with van der Waals surface area (Å²) in [5.74, 6) is 0.0936. The highest BCUT2D eigenvalue weighted by atomic mass is 32.1. The van der Waals surface area contributed by atoms with Crippen LogP contribution in [0.15, 0.2) is 17.9 Å². The topological polar surface area (TPSA) is 50.6 Å². The van der Waals surface area contributed by atoms with Crippen LogP contribution in [0.2, 0.25) is 0 Å². The molecule has 0 saturated heterocycles. The Bertz CT molecular complexity index is 724. The first-order chi connectivity index (χ1) is 12.0. The zero-order valence-corrected chi connectivity index (χ0v) is 16.0. The molecule has 1 amide bonds. The van der Waals surface area contributed by atoms with Gasteiger partial charge in [-0.1, -0.05) is 0 Å². The molecule has 6 nitrogen and oxygen atoms in total. The fraction of sp³-hybridized carbons (Fsp3) is 0.556. The molecule has 0 fully saturated rings. The third-order valence-electron chi connectivity index (χ3n) is 4.45. The Hall–Kier alpha value is -1.86. The van der Waals surface area contributed by atoms with Gasteiger partial charge in [0.1, 0.15) is 0 Å². The molecule has 136 valence electrons. The molecule has 0 atom stereocenters. The van der Waals surface area contributed by atoms with Crippen molar-refractivity contribution in [3.63, 3.8) is 0 Å². The summed E-state index contributed by atoms with van der Waals surface area (Å²) >= 11 is 1.74. The van der Waals surface area contributed by atoms with Crippen LogP contribution in [-0.4, -0.2) is 46.7 Å². The minimum Gasteiger partial charge on any atom is -0.380 e. The van der Waals surface area contributed by atoms with Crippen LogP contribution in [0.3, 0.4) is 0 Å². The fourth-order valence-corrected chi connectivity index (χ4v) is 4.26. The largest absolute Gasteiger partial charge is 0.380 e. The Labute approximate surface area is 153 Å². The van der Waals surface area contributed by atoms with E-state index in [1.54, 1.807) is 18.3 Å². The smallest absolute Gasteiger partial charge is 0.219 e. The SMILES string of the molecule is CC(=O)N1CCOCCCN(Cc2cn(C)cn2)c2c(C)csc2C1. The number of ether oxygens (including phenoxy) is 1. The van der Waals surface area contributed by atoms with E-state index in [1.165, 1.54) is 16.1 Å². The maximum atomic E-state index is 12.0. The molecule has 0 saturated carbocycles. The molecular formula is C18H26N4O2S. The minimum atomic E-state index is 0.0936. The predicted octanol–water partition coefficient (Wildman–Crippen LogP) is 2.57. The van der Waals surface area contributed by atoms with E-state index in [0.717, 1.165) is 25.2 Å². The van der Waals surface area contributed by atoms with Crippen LogP contribution in [0.25, 0.3) is 0 Å². The normalized spacial score (nSPS) is 16.4. The van der Waals surface area contributed by atoms with E-state index < -0.39 is 0 Å². The molecule has 7 heteroatoms. The zero-order chi connectivity index (χ0) is 17.8. The van der Waals surface area contributed by atoms with Crippen molar-refractivity contribution in [1.82, 2.24) is 14.5 Å². The summed E-state index contributed by atoms with van der Waals surface area (Å²) in [5, 5.41) is 2.19. The number of rotatable bonds is 2. The van der Waals surface area contributed by atoms with E-state index in [1.807, 2.05) is 22.8 Å². The van der Waals surface area contributed by atoms with E-state index in [9.17, 15) is 4.79 Å². The van der Waals surface area contributed by atoms with Crippen molar-refractivity contribution in [2.45, 2.75) is 33.4 Å². The summed E-state index contributed by atoms with van der Waals surface area (Å²) in [6, 6.07) is 0. The quantitative estimate of drug-likeness (QED) is 0.824. The lowest BCUT2D eigenvalue weighted by Crippen LogP contribution is -2.31. The van der Waals surface area contributed by atoms with E-state index in [0.29, 0.717) is 26.3 Å². The highest BCUT2D eigenvalue weighted by molar-refractivity contribution is 7.10. The number of aryl methyl sites for hydroxylation is 2. The number of thiophene rings is 1. The van der Waals surface area contributed by atoms with Gasteiger partial charge in [-0.2, -0.15) is 0 Å². The van der Waals surface area contributed by atoms with Crippen molar-refractivity contribution in [3.05, 3.63) is 34.0 Å². The van der Waals surface area contributed by atoms with Crippen LogP contribution in [0.5, 0.6) is 0 Å². The van der Waals surface area contributed by atoms with Crippen molar-refractivity contribution in [2.75, 3.05) is 31.2 Å². The van der Waals surface area contributed by atoms with Gasteiger partial charge in [0.25, 0.3) is 0 Å². The average Bonchev–Trinajstić information content (AvgIpc) is 3.12. The molecule has 2 aromatic heterocycles. The van der Waals surface area contributed by atoms with Crippen molar-refractivity contribution in [3.8, 4) is 0 Å². The number of anilines is 1. The monoisotopic (exact) mass is 362 g/mol. The Morgan fingerprint density at radius 2 is 2.20 bits per heavy atom. The average molecular weight is 362 g/mol. The molecule has 3 heterocycles. The maximum Gasteiger partial charge on any atom is 0.219 e. The number of hydrogen-bond acceptors (Lipinski definition) is 5. The van der Waals surface area contributed by atoms with Crippen LogP contribution < -0.4 is 4.90 Å². The summed E-state index contributed by atoms with van der Waals surface area (Å²) in [5.41, 5.74) is 3.57. The number of imidazole rings is 1. The third kappa shape index (κ3) is 4.41. The molecule has 0 unspecified atom stereocenters. The lowest BCUT2D eigenvalue weighted by molar-refractivity contribution is -0.130. The first-order valence-corrected chi connectivity index (χ1v) is 9.54. The summed E-state index contributed by atoms with van der Waals surface area (Å²) in [7, 11) is 1.99. The molecule has 0 aromatic carbocycles. The molecule has 1 aliphatic heterocycles. The summed E-state index contributed by atoms with van der Waals surface area (Å²) in [4.78, 5) is 22.0. The summed E-state index contributed by atoms with van der Waals surface area (Å²) in [6.45, 7) is 8.06.